The molecule has 0 aliphatic carbocycles. The van der Waals surface area contributed by atoms with Crippen molar-refractivity contribution in [2.24, 2.45) is 0 Å². The van der Waals surface area contributed by atoms with Gasteiger partial charge in [0.25, 0.3) is 5.91 Å². The number of aryl methyl sites for hydroxylation is 1. The number of nitrogens with one attached hydrogen (secondary N) is 1. The third-order valence-electron chi connectivity index (χ3n) is 4.33. The Bertz CT molecular complexity index is 907. The average Bonchev–Trinajstić information content (AvgIpc) is 2.73. The maximum atomic E-state index is 12.7. The molecular formula is C23H23NO3. The second kappa shape index (κ2) is 8.90. The summed E-state index contributed by atoms with van der Waals surface area (Å²) in [6.45, 7) is 2.39. The maximum absolute atomic E-state index is 12.7. The van der Waals surface area contributed by atoms with E-state index < -0.39 is 0 Å². The van der Waals surface area contributed by atoms with Crippen LogP contribution in [0.4, 0.5) is 5.69 Å². The number of anilines is 1. The van der Waals surface area contributed by atoms with Crippen molar-refractivity contribution < 1.29 is 14.3 Å². The van der Waals surface area contributed by atoms with E-state index in [0.29, 0.717) is 17.9 Å². The van der Waals surface area contributed by atoms with Crippen LogP contribution in [0.3, 0.4) is 0 Å². The Morgan fingerprint density at radius 3 is 2.41 bits per heavy atom. The Hall–Kier alpha value is -3.27. The highest BCUT2D eigenvalue weighted by Crippen LogP contribution is 2.23. The van der Waals surface area contributed by atoms with E-state index in [1.807, 2.05) is 60.7 Å². The number of carbonyl (C=O) groups excluding carboxylic acids is 1. The zero-order valence-electron chi connectivity index (χ0n) is 15.6. The van der Waals surface area contributed by atoms with Crippen molar-refractivity contribution in [2.45, 2.75) is 20.0 Å². The van der Waals surface area contributed by atoms with Gasteiger partial charge in [-0.25, -0.2) is 0 Å². The summed E-state index contributed by atoms with van der Waals surface area (Å²) < 4.78 is 11.2. The molecule has 27 heavy (non-hydrogen) atoms. The SMILES string of the molecule is CCc1ccccc1NC(=O)c1ccc(OC)c(COc2ccccc2)c1. The zero-order valence-corrected chi connectivity index (χ0v) is 15.6. The smallest absolute Gasteiger partial charge is 0.255 e. The quantitative estimate of drug-likeness (QED) is 0.638. The molecule has 0 bridgehead atoms. The van der Waals surface area contributed by atoms with E-state index in [1.54, 1.807) is 19.2 Å². The molecule has 0 radical (unpaired) electrons. The van der Waals surface area contributed by atoms with Gasteiger partial charge >= 0.3 is 0 Å². The molecule has 0 atom stereocenters. The number of methoxy groups -OCH3 is 1. The molecule has 0 saturated heterocycles. The van der Waals surface area contributed by atoms with Crippen molar-refractivity contribution in [2.75, 3.05) is 12.4 Å². The van der Waals surface area contributed by atoms with Crippen molar-refractivity contribution >= 4 is 11.6 Å². The molecule has 4 nitrogen and oxygen atoms in total. The largest absolute Gasteiger partial charge is 0.496 e. The first-order valence-electron chi connectivity index (χ1n) is 8.95. The van der Waals surface area contributed by atoms with E-state index in [4.69, 9.17) is 9.47 Å². The normalized spacial score (nSPS) is 10.3. The van der Waals surface area contributed by atoms with Gasteiger partial charge in [-0.1, -0.05) is 43.3 Å². The van der Waals surface area contributed by atoms with E-state index in [2.05, 4.69) is 12.2 Å². The first-order valence-corrected chi connectivity index (χ1v) is 8.95. The number of ether oxygens (including phenoxy) is 2. The molecule has 0 fully saturated rings. The third-order valence-corrected chi connectivity index (χ3v) is 4.33. The van der Waals surface area contributed by atoms with Crippen LogP contribution in [0, 0.1) is 0 Å². The van der Waals surface area contributed by atoms with Crippen molar-refractivity contribution in [1.29, 1.82) is 0 Å². The van der Waals surface area contributed by atoms with Gasteiger partial charge in [-0.05, 0) is 48.4 Å². The van der Waals surface area contributed by atoms with Crippen molar-refractivity contribution in [3.8, 4) is 11.5 Å². The van der Waals surface area contributed by atoms with Crippen LogP contribution < -0.4 is 14.8 Å². The van der Waals surface area contributed by atoms with Gasteiger partial charge in [-0.3, -0.25) is 4.79 Å². The summed E-state index contributed by atoms with van der Waals surface area (Å²) in [4.78, 5) is 12.7. The van der Waals surface area contributed by atoms with Crippen molar-refractivity contribution in [1.82, 2.24) is 0 Å². The van der Waals surface area contributed by atoms with Gasteiger partial charge in [0.05, 0.1) is 7.11 Å². The van der Waals surface area contributed by atoms with Gasteiger partial charge in [0.1, 0.15) is 18.1 Å². The molecule has 0 unspecified atom stereocenters. The fourth-order valence-electron chi connectivity index (χ4n) is 2.86. The third kappa shape index (κ3) is 4.67. The summed E-state index contributed by atoms with van der Waals surface area (Å²) >= 11 is 0. The number of amides is 1. The summed E-state index contributed by atoms with van der Waals surface area (Å²) in [5, 5.41) is 3.00. The molecular weight excluding hydrogens is 338 g/mol. The summed E-state index contributed by atoms with van der Waals surface area (Å²) in [7, 11) is 1.61. The Labute approximate surface area is 159 Å². The van der Waals surface area contributed by atoms with E-state index in [0.717, 1.165) is 29.0 Å². The number of rotatable bonds is 7. The maximum Gasteiger partial charge on any atom is 0.255 e. The highest BCUT2D eigenvalue weighted by molar-refractivity contribution is 6.04. The predicted octanol–water partition coefficient (Wildman–Crippen LogP) is 5.09. The molecule has 0 aromatic heterocycles. The van der Waals surface area contributed by atoms with Gasteiger partial charge in [0.15, 0.2) is 0 Å². The summed E-state index contributed by atoms with van der Waals surface area (Å²) in [5.74, 6) is 1.31. The number of hydrogen-bond donors (Lipinski definition) is 1. The van der Waals surface area contributed by atoms with E-state index >= 15 is 0 Å². The predicted molar refractivity (Wildman–Crippen MR) is 108 cm³/mol. The molecule has 0 aliphatic heterocycles. The fourth-order valence-corrected chi connectivity index (χ4v) is 2.86. The second-order valence-corrected chi connectivity index (χ2v) is 6.09. The molecule has 1 amide bonds. The lowest BCUT2D eigenvalue weighted by atomic mass is 10.1. The summed E-state index contributed by atoms with van der Waals surface area (Å²) in [6.07, 6.45) is 0.856. The molecule has 138 valence electrons. The summed E-state index contributed by atoms with van der Waals surface area (Å²) in [6, 6.07) is 22.8. The monoisotopic (exact) mass is 361 g/mol. The highest BCUT2D eigenvalue weighted by atomic mass is 16.5. The Morgan fingerprint density at radius 2 is 1.67 bits per heavy atom. The van der Waals surface area contributed by atoms with Crippen LogP contribution in [0.15, 0.2) is 72.8 Å². The van der Waals surface area contributed by atoms with Crippen molar-refractivity contribution in [3.63, 3.8) is 0 Å². The number of benzene rings is 3. The van der Waals surface area contributed by atoms with E-state index in [-0.39, 0.29) is 5.91 Å². The van der Waals surface area contributed by atoms with Gasteiger partial charge < -0.3 is 14.8 Å². The van der Waals surface area contributed by atoms with Gasteiger partial charge in [-0.15, -0.1) is 0 Å². The Kier molecular flexibility index (Phi) is 6.10. The average molecular weight is 361 g/mol. The molecule has 3 aromatic carbocycles. The molecule has 0 spiro atoms. The number of hydrogen-bond acceptors (Lipinski definition) is 3. The standard InChI is InChI=1S/C23H23NO3/c1-3-17-9-7-8-12-21(17)24-23(25)18-13-14-22(26-2)19(15-18)16-27-20-10-5-4-6-11-20/h4-15H,3,16H2,1-2H3,(H,24,25). The molecule has 3 aromatic rings. The number of carbonyl (C=O) groups is 1. The first kappa shape index (κ1) is 18.5. The van der Waals surface area contributed by atoms with Gasteiger partial charge in [0, 0.05) is 16.8 Å². The minimum Gasteiger partial charge on any atom is -0.496 e. The molecule has 0 aliphatic rings. The van der Waals surface area contributed by atoms with E-state index in [1.165, 1.54) is 0 Å². The van der Waals surface area contributed by atoms with Crippen molar-refractivity contribution in [3.05, 3.63) is 89.5 Å². The second-order valence-electron chi connectivity index (χ2n) is 6.09. The molecule has 0 saturated carbocycles. The van der Waals surface area contributed by atoms with Gasteiger partial charge in [0.2, 0.25) is 0 Å². The first-order chi connectivity index (χ1) is 13.2. The lowest BCUT2D eigenvalue weighted by molar-refractivity contribution is 0.102. The lowest BCUT2D eigenvalue weighted by Gasteiger charge is -2.13. The van der Waals surface area contributed by atoms with Gasteiger partial charge in [-0.2, -0.15) is 0 Å². The van der Waals surface area contributed by atoms with Crippen LogP contribution in [0.5, 0.6) is 11.5 Å². The lowest BCUT2D eigenvalue weighted by Crippen LogP contribution is -2.14. The minimum absolute atomic E-state index is 0.153. The number of para-hydroxylation sites is 2. The zero-order chi connectivity index (χ0) is 19.1. The summed E-state index contributed by atoms with van der Waals surface area (Å²) in [5.41, 5.74) is 3.32. The van der Waals surface area contributed by atoms with Crippen LogP contribution in [-0.4, -0.2) is 13.0 Å². The van der Waals surface area contributed by atoms with Crippen LogP contribution in [0.2, 0.25) is 0 Å². The fraction of sp³-hybridized carbons (Fsp3) is 0.174. The molecule has 3 rings (SSSR count). The highest BCUT2D eigenvalue weighted by Gasteiger charge is 2.12. The Morgan fingerprint density at radius 1 is 0.926 bits per heavy atom. The molecule has 1 N–H and O–H groups in total. The minimum atomic E-state index is -0.153. The van der Waals surface area contributed by atoms with Crippen LogP contribution in [0.1, 0.15) is 28.4 Å². The van der Waals surface area contributed by atoms with Crippen LogP contribution in [0.25, 0.3) is 0 Å². The van der Waals surface area contributed by atoms with Crippen LogP contribution in [-0.2, 0) is 13.0 Å². The van der Waals surface area contributed by atoms with Crippen LogP contribution >= 0.6 is 0 Å². The topological polar surface area (TPSA) is 47.6 Å². The van der Waals surface area contributed by atoms with E-state index in [9.17, 15) is 4.79 Å². The Balaban J connectivity index is 1.78. The molecule has 4 heteroatoms. The molecule has 0 heterocycles.